The summed E-state index contributed by atoms with van der Waals surface area (Å²) in [5.74, 6) is 0. The fourth-order valence-electron chi connectivity index (χ4n) is 1.46. The number of alkyl halides is 3. The topological polar surface area (TPSA) is 12.0 Å². The van der Waals surface area contributed by atoms with Crippen LogP contribution in [0, 0.1) is 0 Å². The van der Waals surface area contributed by atoms with Gasteiger partial charge in [-0.3, -0.25) is 0 Å². The largest absolute Gasteiger partial charge is 0.457 e. The average molecular weight is 267 g/mol. The van der Waals surface area contributed by atoms with Gasteiger partial charge in [0.15, 0.2) is 0 Å². The molecule has 4 heteroatoms. The molecule has 2 aromatic rings. The number of nitrogens with one attached hydrogen (secondary N) is 1. The molecule has 0 aliphatic carbocycles. The summed E-state index contributed by atoms with van der Waals surface area (Å²) in [5.41, 5.74) is 2.55. The molecule has 0 radical (unpaired) electrons. The zero-order chi connectivity index (χ0) is 14.1. The highest BCUT2D eigenvalue weighted by atomic mass is 19.4. The van der Waals surface area contributed by atoms with Crippen LogP contribution in [0.4, 0.5) is 13.2 Å². The smallest absolute Gasteiger partial charge is 0.228 e. The predicted octanol–water partition coefficient (Wildman–Crippen LogP) is 4.47. The van der Waals surface area contributed by atoms with Crippen LogP contribution in [0.3, 0.4) is 0 Å². The van der Waals surface area contributed by atoms with Gasteiger partial charge in [-0.2, -0.15) is 13.2 Å². The lowest BCUT2D eigenvalue weighted by Crippen LogP contribution is -2.30. The van der Waals surface area contributed by atoms with Gasteiger partial charge in [0.2, 0.25) is 0 Å². The quantitative estimate of drug-likeness (QED) is 0.792. The first-order valence-electron chi connectivity index (χ1n) is 5.95. The Bertz CT molecular complexity index is 414. The van der Waals surface area contributed by atoms with Gasteiger partial charge in [-0.1, -0.05) is 67.6 Å². The number of benzene rings is 2. The summed E-state index contributed by atoms with van der Waals surface area (Å²) in [4.78, 5) is 0. The van der Waals surface area contributed by atoms with Gasteiger partial charge in [-0.15, -0.1) is 0 Å². The zero-order valence-electron chi connectivity index (χ0n) is 10.6. The molecule has 102 valence electrons. The molecule has 0 spiro atoms. The van der Waals surface area contributed by atoms with Gasteiger partial charge in [0.05, 0.1) is 0 Å². The van der Waals surface area contributed by atoms with E-state index in [1.165, 1.54) is 23.4 Å². The summed E-state index contributed by atoms with van der Waals surface area (Å²) >= 11 is 0. The van der Waals surface area contributed by atoms with Crippen LogP contribution in [-0.4, -0.2) is 12.8 Å². The first-order valence-corrected chi connectivity index (χ1v) is 5.95. The summed E-state index contributed by atoms with van der Waals surface area (Å²) in [6, 6.07) is 20.8. The van der Waals surface area contributed by atoms with Gasteiger partial charge < -0.3 is 0 Å². The second-order valence-corrected chi connectivity index (χ2v) is 3.76. The van der Waals surface area contributed by atoms with E-state index in [1.54, 1.807) is 0 Å². The Morgan fingerprint density at radius 3 is 1.37 bits per heavy atom. The number of hydrogen-bond donors (Lipinski definition) is 1. The molecule has 1 N–H and O–H groups in total. The number of hydrogen-bond acceptors (Lipinski definition) is 1. The summed E-state index contributed by atoms with van der Waals surface area (Å²) in [6.45, 7) is 1.33. The van der Waals surface area contributed by atoms with Gasteiger partial charge in [0.25, 0.3) is 0 Å². The average Bonchev–Trinajstić information content (AvgIpc) is 2.40. The second kappa shape index (κ2) is 7.59. The van der Waals surface area contributed by atoms with E-state index in [0.29, 0.717) is 0 Å². The van der Waals surface area contributed by atoms with Gasteiger partial charge in [-0.05, 0) is 11.1 Å². The van der Waals surface area contributed by atoms with E-state index < -0.39 is 6.30 Å². The Balaban J connectivity index is 0.000000224. The zero-order valence-corrected chi connectivity index (χ0v) is 10.6. The molecule has 0 amide bonds. The fourth-order valence-corrected chi connectivity index (χ4v) is 1.46. The molecule has 0 bridgehead atoms. The van der Waals surface area contributed by atoms with E-state index in [1.807, 2.05) is 12.1 Å². The maximum atomic E-state index is 10.9. The van der Waals surface area contributed by atoms with E-state index >= 15 is 0 Å². The Hall–Kier alpha value is -1.81. The van der Waals surface area contributed by atoms with Crippen LogP contribution in [0.15, 0.2) is 60.7 Å². The van der Waals surface area contributed by atoms with Crippen LogP contribution >= 0.6 is 0 Å². The minimum Gasteiger partial charge on any atom is -0.228 e. The lowest BCUT2D eigenvalue weighted by atomic mass is 10.1. The highest BCUT2D eigenvalue weighted by Gasteiger charge is 2.24. The van der Waals surface area contributed by atoms with Crippen LogP contribution in [0.1, 0.15) is 6.92 Å². The first-order chi connectivity index (χ1) is 9.03. The van der Waals surface area contributed by atoms with E-state index in [9.17, 15) is 13.2 Å². The SMILES string of the molecule is CCNC(F)(F)F.c1ccc(-c2ccccc2)cc1. The molecule has 0 aliphatic heterocycles. The lowest BCUT2D eigenvalue weighted by Gasteiger charge is -2.02. The van der Waals surface area contributed by atoms with Crippen molar-refractivity contribution in [2.45, 2.75) is 13.2 Å². The molecule has 0 saturated carbocycles. The van der Waals surface area contributed by atoms with Crippen molar-refractivity contribution in [2.75, 3.05) is 6.54 Å². The molecule has 1 nitrogen and oxygen atoms in total. The van der Waals surface area contributed by atoms with Crippen molar-refractivity contribution < 1.29 is 13.2 Å². The monoisotopic (exact) mass is 267 g/mol. The summed E-state index contributed by atoms with van der Waals surface area (Å²) in [7, 11) is 0. The van der Waals surface area contributed by atoms with Gasteiger partial charge >= 0.3 is 6.30 Å². The summed E-state index contributed by atoms with van der Waals surface area (Å²) < 4.78 is 32.8. The van der Waals surface area contributed by atoms with Crippen molar-refractivity contribution in [2.24, 2.45) is 0 Å². The Morgan fingerprint density at radius 2 is 1.16 bits per heavy atom. The fraction of sp³-hybridized carbons (Fsp3) is 0.200. The minimum absolute atomic E-state index is 0.0660. The molecule has 0 aliphatic rings. The van der Waals surface area contributed by atoms with Crippen molar-refractivity contribution in [3.8, 4) is 11.1 Å². The van der Waals surface area contributed by atoms with Crippen LogP contribution in [0.5, 0.6) is 0 Å². The van der Waals surface area contributed by atoms with Crippen LogP contribution in [0.2, 0.25) is 0 Å². The minimum atomic E-state index is -4.20. The third kappa shape index (κ3) is 6.62. The molecule has 19 heavy (non-hydrogen) atoms. The second-order valence-electron chi connectivity index (χ2n) is 3.76. The third-order valence-corrected chi connectivity index (χ3v) is 2.26. The van der Waals surface area contributed by atoms with Crippen LogP contribution < -0.4 is 5.32 Å². The first kappa shape index (κ1) is 15.2. The molecular weight excluding hydrogens is 251 g/mol. The van der Waals surface area contributed by atoms with Crippen LogP contribution in [-0.2, 0) is 0 Å². The number of rotatable bonds is 2. The van der Waals surface area contributed by atoms with Gasteiger partial charge in [0, 0.05) is 6.54 Å². The Kier molecular flexibility index (Phi) is 6.09. The highest BCUT2D eigenvalue weighted by Crippen LogP contribution is 2.17. The molecule has 0 unspecified atom stereocenters. The van der Waals surface area contributed by atoms with E-state index in [4.69, 9.17) is 0 Å². The lowest BCUT2D eigenvalue weighted by molar-refractivity contribution is -0.155. The maximum Gasteiger partial charge on any atom is 0.457 e. The van der Waals surface area contributed by atoms with Crippen molar-refractivity contribution in [3.63, 3.8) is 0 Å². The predicted molar refractivity (Wildman–Crippen MR) is 71.6 cm³/mol. The Labute approximate surface area is 111 Å². The maximum absolute atomic E-state index is 10.9. The number of halogens is 3. The Morgan fingerprint density at radius 1 is 0.789 bits per heavy atom. The molecule has 0 atom stereocenters. The normalized spacial score (nSPS) is 10.5. The van der Waals surface area contributed by atoms with Crippen LogP contribution in [0.25, 0.3) is 11.1 Å². The molecule has 2 aromatic carbocycles. The van der Waals surface area contributed by atoms with Crippen molar-refractivity contribution in [1.82, 2.24) is 5.32 Å². The molecular formula is C15H16F3N. The molecule has 2 rings (SSSR count). The third-order valence-electron chi connectivity index (χ3n) is 2.26. The van der Waals surface area contributed by atoms with Crippen molar-refractivity contribution in [3.05, 3.63) is 60.7 Å². The van der Waals surface area contributed by atoms with E-state index in [2.05, 4.69) is 48.5 Å². The van der Waals surface area contributed by atoms with E-state index in [-0.39, 0.29) is 6.54 Å². The molecule has 0 heterocycles. The van der Waals surface area contributed by atoms with Gasteiger partial charge in [0.1, 0.15) is 0 Å². The standard InChI is InChI=1S/C12H10.C3H6F3N/c1-3-7-11(8-4-1)12-9-5-2-6-10-12;1-2-7-3(4,5)6/h1-10H;7H,2H2,1H3. The van der Waals surface area contributed by atoms with Gasteiger partial charge in [-0.25, -0.2) is 5.32 Å². The van der Waals surface area contributed by atoms with Crippen molar-refractivity contribution in [1.29, 1.82) is 0 Å². The highest BCUT2D eigenvalue weighted by molar-refractivity contribution is 5.62. The summed E-state index contributed by atoms with van der Waals surface area (Å²) in [5, 5.41) is 1.28. The van der Waals surface area contributed by atoms with E-state index in [0.717, 1.165) is 0 Å². The molecule has 0 fully saturated rings. The molecule has 0 aromatic heterocycles. The molecule has 0 saturated heterocycles. The summed E-state index contributed by atoms with van der Waals surface area (Å²) in [6.07, 6.45) is -4.20. The van der Waals surface area contributed by atoms with Crippen molar-refractivity contribution >= 4 is 0 Å².